The van der Waals surface area contributed by atoms with Crippen molar-refractivity contribution in [2.45, 2.75) is 45.6 Å². The van der Waals surface area contributed by atoms with Crippen LogP contribution in [0.5, 0.6) is 5.75 Å². The SMILES string of the molecule is CCOC(=O)C[C@H]1C(=O)NCCN1C(=O)COc1ccc(C(C)(C)C)cc1. The van der Waals surface area contributed by atoms with Crippen molar-refractivity contribution < 1.29 is 23.9 Å². The van der Waals surface area contributed by atoms with Gasteiger partial charge in [0.05, 0.1) is 13.0 Å². The van der Waals surface area contributed by atoms with E-state index in [1.54, 1.807) is 6.92 Å². The molecule has 2 amide bonds. The molecule has 27 heavy (non-hydrogen) atoms. The highest BCUT2D eigenvalue weighted by Crippen LogP contribution is 2.24. The van der Waals surface area contributed by atoms with E-state index in [0.29, 0.717) is 18.8 Å². The summed E-state index contributed by atoms with van der Waals surface area (Å²) in [5, 5.41) is 2.68. The summed E-state index contributed by atoms with van der Waals surface area (Å²) in [6.45, 7) is 8.79. The second-order valence-electron chi connectivity index (χ2n) is 7.47. The van der Waals surface area contributed by atoms with E-state index in [0.717, 1.165) is 0 Å². The van der Waals surface area contributed by atoms with Gasteiger partial charge in [0.25, 0.3) is 5.91 Å². The number of nitrogens with zero attached hydrogens (tertiary/aromatic N) is 1. The van der Waals surface area contributed by atoms with Crippen LogP contribution < -0.4 is 10.1 Å². The number of hydrogen-bond donors (Lipinski definition) is 1. The van der Waals surface area contributed by atoms with Crippen LogP contribution in [0.15, 0.2) is 24.3 Å². The Morgan fingerprint density at radius 3 is 2.48 bits per heavy atom. The minimum absolute atomic E-state index is 0.0375. The van der Waals surface area contributed by atoms with Crippen LogP contribution in [-0.4, -0.2) is 55.0 Å². The van der Waals surface area contributed by atoms with Crippen LogP contribution in [0.4, 0.5) is 0 Å². The molecular weight excluding hydrogens is 348 g/mol. The molecular formula is C20H28N2O5. The Morgan fingerprint density at radius 1 is 1.22 bits per heavy atom. The molecule has 1 aliphatic heterocycles. The van der Waals surface area contributed by atoms with E-state index in [1.807, 2.05) is 24.3 Å². The fraction of sp³-hybridized carbons (Fsp3) is 0.550. The number of carbonyl (C=O) groups excluding carboxylic acids is 3. The Balaban J connectivity index is 1.98. The van der Waals surface area contributed by atoms with Crippen LogP contribution in [0.3, 0.4) is 0 Å². The molecule has 1 aromatic rings. The van der Waals surface area contributed by atoms with Gasteiger partial charge >= 0.3 is 5.97 Å². The van der Waals surface area contributed by atoms with Gasteiger partial charge in [0, 0.05) is 13.1 Å². The van der Waals surface area contributed by atoms with Crippen LogP contribution in [0.25, 0.3) is 0 Å². The summed E-state index contributed by atoms with van der Waals surface area (Å²) in [5.41, 5.74) is 1.21. The van der Waals surface area contributed by atoms with E-state index in [9.17, 15) is 14.4 Å². The van der Waals surface area contributed by atoms with E-state index in [2.05, 4.69) is 26.1 Å². The Bertz CT molecular complexity index is 679. The third-order valence-corrected chi connectivity index (χ3v) is 4.40. The first-order valence-corrected chi connectivity index (χ1v) is 9.18. The summed E-state index contributed by atoms with van der Waals surface area (Å²) in [6.07, 6.45) is -0.161. The predicted molar refractivity (Wildman–Crippen MR) is 100 cm³/mol. The number of esters is 1. The molecule has 1 saturated heterocycles. The maximum Gasteiger partial charge on any atom is 0.308 e. The Kier molecular flexibility index (Phi) is 6.82. The molecule has 0 bridgehead atoms. The van der Waals surface area contributed by atoms with Crippen LogP contribution in [0, 0.1) is 0 Å². The molecule has 1 fully saturated rings. The second kappa shape index (κ2) is 8.88. The number of piperazine rings is 1. The lowest BCUT2D eigenvalue weighted by atomic mass is 9.87. The number of hydrogen-bond acceptors (Lipinski definition) is 5. The first-order chi connectivity index (χ1) is 12.7. The molecule has 1 aromatic carbocycles. The van der Waals surface area contributed by atoms with Crippen molar-refractivity contribution in [1.29, 1.82) is 0 Å². The van der Waals surface area contributed by atoms with Crippen LogP contribution in [0.2, 0.25) is 0 Å². The van der Waals surface area contributed by atoms with Gasteiger partial charge in [-0.3, -0.25) is 14.4 Å². The molecule has 7 nitrogen and oxygen atoms in total. The summed E-state index contributed by atoms with van der Waals surface area (Å²) in [4.78, 5) is 37.8. The van der Waals surface area contributed by atoms with Crippen molar-refractivity contribution in [3.8, 4) is 5.75 Å². The van der Waals surface area contributed by atoms with E-state index < -0.39 is 12.0 Å². The van der Waals surface area contributed by atoms with Crippen molar-refractivity contribution in [3.05, 3.63) is 29.8 Å². The number of benzene rings is 1. The standard InChI is InChI=1S/C20H28N2O5/c1-5-26-18(24)12-16-19(25)21-10-11-22(16)17(23)13-27-15-8-6-14(7-9-15)20(2,3)4/h6-9,16H,5,10-13H2,1-4H3,(H,21,25)/t16-/m0/s1. The topological polar surface area (TPSA) is 84.9 Å². The lowest BCUT2D eigenvalue weighted by molar-refractivity contribution is -0.152. The second-order valence-corrected chi connectivity index (χ2v) is 7.47. The third-order valence-electron chi connectivity index (χ3n) is 4.40. The van der Waals surface area contributed by atoms with Gasteiger partial charge in [-0.25, -0.2) is 0 Å². The van der Waals surface area contributed by atoms with Crippen molar-refractivity contribution in [2.24, 2.45) is 0 Å². The molecule has 7 heteroatoms. The zero-order valence-electron chi connectivity index (χ0n) is 16.4. The Morgan fingerprint density at radius 2 is 1.89 bits per heavy atom. The fourth-order valence-corrected chi connectivity index (χ4v) is 2.87. The highest BCUT2D eigenvalue weighted by atomic mass is 16.5. The monoisotopic (exact) mass is 376 g/mol. The first kappa shape index (κ1) is 20.7. The average Bonchev–Trinajstić information content (AvgIpc) is 2.61. The molecule has 0 radical (unpaired) electrons. The van der Waals surface area contributed by atoms with E-state index in [1.165, 1.54) is 10.5 Å². The van der Waals surface area contributed by atoms with Gasteiger partial charge < -0.3 is 19.7 Å². The smallest absolute Gasteiger partial charge is 0.308 e. The molecule has 0 aliphatic carbocycles. The molecule has 0 saturated carbocycles. The third kappa shape index (κ3) is 5.70. The zero-order chi connectivity index (χ0) is 20.0. The van der Waals surface area contributed by atoms with Gasteiger partial charge in [-0.15, -0.1) is 0 Å². The zero-order valence-corrected chi connectivity index (χ0v) is 16.4. The number of ether oxygens (including phenoxy) is 2. The fourth-order valence-electron chi connectivity index (χ4n) is 2.87. The summed E-state index contributed by atoms with van der Waals surface area (Å²) in [5.74, 6) is -0.605. The Labute approximate surface area is 160 Å². The minimum atomic E-state index is -0.864. The van der Waals surface area contributed by atoms with Gasteiger partial charge in [0.2, 0.25) is 5.91 Å². The van der Waals surface area contributed by atoms with Crippen molar-refractivity contribution in [2.75, 3.05) is 26.3 Å². The average molecular weight is 376 g/mol. The molecule has 1 N–H and O–H groups in total. The van der Waals surface area contributed by atoms with Crippen molar-refractivity contribution in [1.82, 2.24) is 10.2 Å². The predicted octanol–water partition coefficient (Wildman–Crippen LogP) is 1.64. The number of amides is 2. The van der Waals surface area contributed by atoms with Gasteiger partial charge in [0.15, 0.2) is 6.61 Å². The number of nitrogens with one attached hydrogen (secondary N) is 1. The lowest BCUT2D eigenvalue weighted by Crippen LogP contribution is -2.58. The first-order valence-electron chi connectivity index (χ1n) is 9.18. The highest BCUT2D eigenvalue weighted by molar-refractivity contribution is 5.92. The molecule has 0 unspecified atom stereocenters. The molecule has 0 aromatic heterocycles. The van der Waals surface area contributed by atoms with Crippen LogP contribution in [-0.2, 0) is 24.5 Å². The highest BCUT2D eigenvalue weighted by Gasteiger charge is 2.35. The maximum atomic E-state index is 12.6. The van der Waals surface area contributed by atoms with Crippen LogP contribution >= 0.6 is 0 Å². The largest absolute Gasteiger partial charge is 0.484 e. The van der Waals surface area contributed by atoms with E-state index >= 15 is 0 Å². The van der Waals surface area contributed by atoms with Gasteiger partial charge in [0.1, 0.15) is 11.8 Å². The maximum absolute atomic E-state index is 12.6. The van der Waals surface area contributed by atoms with E-state index in [4.69, 9.17) is 9.47 Å². The van der Waals surface area contributed by atoms with Crippen molar-refractivity contribution >= 4 is 17.8 Å². The number of carbonyl (C=O) groups is 3. The van der Waals surface area contributed by atoms with Gasteiger partial charge in [-0.05, 0) is 30.0 Å². The summed E-state index contributed by atoms with van der Waals surface area (Å²) < 4.78 is 10.5. The minimum Gasteiger partial charge on any atom is -0.484 e. The normalized spacial score (nSPS) is 17.3. The molecule has 0 spiro atoms. The summed E-state index contributed by atoms with van der Waals surface area (Å²) in [7, 11) is 0. The molecule has 2 rings (SSSR count). The van der Waals surface area contributed by atoms with Gasteiger partial charge in [-0.2, -0.15) is 0 Å². The van der Waals surface area contributed by atoms with Gasteiger partial charge in [-0.1, -0.05) is 32.9 Å². The number of rotatable bonds is 6. The molecule has 1 heterocycles. The molecule has 1 aliphatic rings. The quantitative estimate of drug-likeness (QED) is 0.763. The summed E-state index contributed by atoms with van der Waals surface area (Å²) >= 11 is 0. The van der Waals surface area contributed by atoms with Crippen LogP contribution in [0.1, 0.15) is 39.7 Å². The van der Waals surface area contributed by atoms with Crippen molar-refractivity contribution in [3.63, 3.8) is 0 Å². The van der Waals surface area contributed by atoms with E-state index in [-0.39, 0.29) is 36.9 Å². The molecule has 1 atom stereocenters. The molecule has 148 valence electrons. The Hall–Kier alpha value is -2.57. The summed E-state index contributed by atoms with van der Waals surface area (Å²) in [6, 6.07) is 6.73. The lowest BCUT2D eigenvalue weighted by Gasteiger charge is -2.34.